The number of hydrogen-bond donors (Lipinski definition) is 1. The predicted octanol–water partition coefficient (Wildman–Crippen LogP) is 2.09. The van der Waals surface area contributed by atoms with Gasteiger partial charge >= 0.3 is 0 Å². The summed E-state index contributed by atoms with van der Waals surface area (Å²) in [6, 6.07) is 4.25. The molecule has 0 aliphatic rings. The molecule has 0 aromatic carbocycles. The number of amides is 1. The maximum Gasteiger partial charge on any atom is 0.270 e. The van der Waals surface area contributed by atoms with Crippen LogP contribution in [0.15, 0.2) is 18.2 Å². The second kappa shape index (κ2) is 6.48. The van der Waals surface area contributed by atoms with E-state index in [1.165, 1.54) is 18.2 Å². The van der Waals surface area contributed by atoms with Gasteiger partial charge in [-0.15, -0.1) is 0 Å². The summed E-state index contributed by atoms with van der Waals surface area (Å²) in [6.45, 7) is 3.98. The minimum atomic E-state index is -0.636. The Morgan fingerprint density at radius 1 is 1.62 bits per heavy atom. The molecule has 0 aliphatic carbocycles. The van der Waals surface area contributed by atoms with Crippen LogP contribution in [-0.2, 0) is 0 Å². The standard InChI is InChI=1S/C11H15FN2OS/c1-3-16-7-8(2)13-11(15)9-5-4-6-10(12)14-9/h4-6,8H,3,7H2,1-2H3,(H,13,15). The number of carbonyl (C=O) groups excluding carboxylic acids is 1. The number of nitrogens with zero attached hydrogens (tertiary/aromatic N) is 1. The number of hydrogen-bond acceptors (Lipinski definition) is 3. The quantitative estimate of drug-likeness (QED) is 0.804. The molecule has 88 valence electrons. The van der Waals surface area contributed by atoms with E-state index in [1.54, 1.807) is 11.8 Å². The Morgan fingerprint density at radius 3 is 3.00 bits per heavy atom. The molecule has 1 atom stereocenters. The van der Waals surface area contributed by atoms with E-state index in [-0.39, 0.29) is 17.6 Å². The molecule has 0 radical (unpaired) electrons. The van der Waals surface area contributed by atoms with Crippen LogP contribution in [0.1, 0.15) is 24.3 Å². The Labute approximate surface area is 98.8 Å². The molecule has 0 aliphatic heterocycles. The first-order valence-corrected chi connectivity index (χ1v) is 6.30. The highest BCUT2D eigenvalue weighted by Gasteiger charge is 2.11. The molecule has 0 fully saturated rings. The van der Waals surface area contributed by atoms with Crippen LogP contribution < -0.4 is 5.32 Å². The number of thioether (sulfide) groups is 1. The third-order valence-corrected chi connectivity index (χ3v) is 3.04. The van der Waals surface area contributed by atoms with E-state index < -0.39 is 5.95 Å². The smallest absolute Gasteiger partial charge is 0.270 e. The Bertz CT molecular complexity index is 360. The first kappa shape index (κ1) is 13.0. The van der Waals surface area contributed by atoms with Crippen molar-refractivity contribution in [3.8, 4) is 0 Å². The number of aromatic nitrogens is 1. The van der Waals surface area contributed by atoms with Crippen molar-refractivity contribution in [2.45, 2.75) is 19.9 Å². The summed E-state index contributed by atoms with van der Waals surface area (Å²) in [6.07, 6.45) is 0. The fourth-order valence-electron chi connectivity index (χ4n) is 1.17. The number of pyridine rings is 1. The summed E-state index contributed by atoms with van der Waals surface area (Å²) in [5.41, 5.74) is 0.119. The molecule has 16 heavy (non-hydrogen) atoms. The summed E-state index contributed by atoms with van der Waals surface area (Å²) >= 11 is 1.75. The Hall–Kier alpha value is -1.10. The minimum absolute atomic E-state index is 0.0579. The molecular formula is C11H15FN2OS. The van der Waals surface area contributed by atoms with Gasteiger partial charge in [-0.1, -0.05) is 13.0 Å². The van der Waals surface area contributed by atoms with Gasteiger partial charge in [-0.05, 0) is 24.8 Å². The van der Waals surface area contributed by atoms with Crippen LogP contribution in [0.5, 0.6) is 0 Å². The van der Waals surface area contributed by atoms with Crippen LogP contribution in [0, 0.1) is 5.95 Å². The van der Waals surface area contributed by atoms with E-state index in [4.69, 9.17) is 0 Å². The topological polar surface area (TPSA) is 42.0 Å². The summed E-state index contributed by atoms with van der Waals surface area (Å²) in [5, 5.41) is 2.77. The van der Waals surface area contributed by atoms with Crippen LogP contribution >= 0.6 is 11.8 Å². The van der Waals surface area contributed by atoms with Crippen molar-refractivity contribution in [3.63, 3.8) is 0 Å². The van der Waals surface area contributed by atoms with Gasteiger partial charge < -0.3 is 5.32 Å². The van der Waals surface area contributed by atoms with Crippen LogP contribution in [0.25, 0.3) is 0 Å². The van der Waals surface area contributed by atoms with Gasteiger partial charge in [0.1, 0.15) is 5.69 Å². The number of carbonyl (C=O) groups is 1. The van der Waals surface area contributed by atoms with Crippen LogP contribution in [0.4, 0.5) is 4.39 Å². The molecule has 0 bridgehead atoms. The van der Waals surface area contributed by atoms with Crippen LogP contribution in [0.3, 0.4) is 0 Å². The van der Waals surface area contributed by atoms with Crippen molar-refractivity contribution in [2.24, 2.45) is 0 Å². The van der Waals surface area contributed by atoms with Crippen molar-refractivity contribution in [1.82, 2.24) is 10.3 Å². The van der Waals surface area contributed by atoms with Gasteiger partial charge in [0, 0.05) is 11.8 Å². The lowest BCUT2D eigenvalue weighted by Gasteiger charge is -2.12. The average Bonchev–Trinajstić information content (AvgIpc) is 2.26. The Kier molecular flexibility index (Phi) is 5.25. The maximum absolute atomic E-state index is 12.8. The van der Waals surface area contributed by atoms with Gasteiger partial charge in [-0.25, -0.2) is 4.98 Å². The first-order chi connectivity index (χ1) is 7.63. The normalized spacial score (nSPS) is 12.2. The highest BCUT2D eigenvalue weighted by molar-refractivity contribution is 7.99. The fraction of sp³-hybridized carbons (Fsp3) is 0.455. The monoisotopic (exact) mass is 242 g/mol. The predicted molar refractivity (Wildman–Crippen MR) is 64.1 cm³/mol. The molecule has 1 N–H and O–H groups in total. The number of halogens is 1. The fourth-order valence-corrected chi connectivity index (χ4v) is 1.84. The molecule has 5 heteroatoms. The lowest BCUT2D eigenvalue weighted by molar-refractivity contribution is 0.0937. The lowest BCUT2D eigenvalue weighted by Crippen LogP contribution is -2.34. The highest BCUT2D eigenvalue weighted by Crippen LogP contribution is 2.03. The zero-order chi connectivity index (χ0) is 12.0. The number of nitrogens with one attached hydrogen (secondary N) is 1. The molecular weight excluding hydrogens is 227 g/mol. The zero-order valence-electron chi connectivity index (χ0n) is 9.37. The number of rotatable bonds is 5. The summed E-state index contributed by atoms with van der Waals surface area (Å²) < 4.78 is 12.8. The van der Waals surface area contributed by atoms with E-state index in [0.29, 0.717) is 0 Å². The molecule has 3 nitrogen and oxygen atoms in total. The third-order valence-electron chi connectivity index (χ3n) is 1.90. The van der Waals surface area contributed by atoms with Gasteiger partial charge in [0.25, 0.3) is 5.91 Å². The molecule has 0 saturated heterocycles. The van der Waals surface area contributed by atoms with E-state index in [1.807, 2.05) is 6.92 Å². The van der Waals surface area contributed by atoms with Crippen LogP contribution in [0.2, 0.25) is 0 Å². The molecule has 0 saturated carbocycles. The van der Waals surface area contributed by atoms with Gasteiger partial charge in [0.2, 0.25) is 5.95 Å². The summed E-state index contributed by atoms with van der Waals surface area (Å²) in [7, 11) is 0. The molecule has 1 aromatic rings. The molecule has 0 spiro atoms. The molecule has 1 amide bonds. The summed E-state index contributed by atoms with van der Waals surface area (Å²) in [5.74, 6) is 0.891. The molecule has 1 unspecified atom stereocenters. The van der Waals surface area contributed by atoms with Gasteiger partial charge in [0.15, 0.2) is 0 Å². The summed E-state index contributed by atoms with van der Waals surface area (Å²) in [4.78, 5) is 15.1. The van der Waals surface area contributed by atoms with E-state index in [2.05, 4.69) is 17.2 Å². The van der Waals surface area contributed by atoms with Crippen molar-refractivity contribution in [2.75, 3.05) is 11.5 Å². The Morgan fingerprint density at radius 2 is 2.38 bits per heavy atom. The third kappa shape index (κ3) is 4.18. The van der Waals surface area contributed by atoms with Crippen molar-refractivity contribution in [3.05, 3.63) is 29.8 Å². The average molecular weight is 242 g/mol. The van der Waals surface area contributed by atoms with Gasteiger partial charge in [-0.3, -0.25) is 4.79 Å². The van der Waals surface area contributed by atoms with Gasteiger partial charge in [0.05, 0.1) is 0 Å². The lowest BCUT2D eigenvalue weighted by atomic mass is 10.3. The van der Waals surface area contributed by atoms with Gasteiger partial charge in [-0.2, -0.15) is 16.2 Å². The minimum Gasteiger partial charge on any atom is -0.347 e. The first-order valence-electron chi connectivity index (χ1n) is 5.14. The van der Waals surface area contributed by atoms with Crippen LogP contribution in [-0.4, -0.2) is 28.4 Å². The van der Waals surface area contributed by atoms with Crippen molar-refractivity contribution in [1.29, 1.82) is 0 Å². The van der Waals surface area contributed by atoms with Crippen molar-refractivity contribution >= 4 is 17.7 Å². The van der Waals surface area contributed by atoms with E-state index in [9.17, 15) is 9.18 Å². The second-order valence-corrected chi connectivity index (χ2v) is 4.70. The zero-order valence-corrected chi connectivity index (χ0v) is 10.2. The van der Waals surface area contributed by atoms with E-state index in [0.717, 1.165) is 11.5 Å². The maximum atomic E-state index is 12.8. The van der Waals surface area contributed by atoms with E-state index >= 15 is 0 Å². The molecule has 1 heterocycles. The second-order valence-electron chi connectivity index (χ2n) is 3.38. The SMILES string of the molecule is CCSCC(C)NC(=O)c1cccc(F)n1. The molecule has 1 rings (SSSR count). The molecule has 1 aromatic heterocycles. The Balaban J connectivity index is 2.52. The highest BCUT2D eigenvalue weighted by atomic mass is 32.2. The largest absolute Gasteiger partial charge is 0.347 e. The van der Waals surface area contributed by atoms with Crippen molar-refractivity contribution < 1.29 is 9.18 Å².